The highest BCUT2D eigenvalue weighted by Gasteiger charge is 2.19. The molecule has 1 amide bonds. The fourth-order valence-corrected chi connectivity index (χ4v) is 4.45. The van der Waals surface area contributed by atoms with Crippen molar-refractivity contribution in [2.75, 3.05) is 15.8 Å². The third-order valence-electron chi connectivity index (χ3n) is 3.29. The van der Waals surface area contributed by atoms with Crippen LogP contribution in [0.15, 0.2) is 46.2 Å². The second-order valence-electron chi connectivity index (χ2n) is 5.04. The average molecular weight is 403 g/mol. The van der Waals surface area contributed by atoms with Crippen molar-refractivity contribution >= 4 is 62.3 Å². The van der Waals surface area contributed by atoms with Gasteiger partial charge in [0.05, 0.1) is 26.3 Å². The maximum atomic E-state index is 12.5. The average Bonchev–Trinajstić information content (AvgIpc) is 2.70. The zero-order valence-electron chi connectivity index (χ0n) is 12.2. The van der Waals surface area contributed by atoms with Crippen LogP contribution in [0.4, 0.5) is 11.4 Å². The molecule has 126 valence electrons. The molecule has 0 bridgehead atoms. The number of hydrogen-bond acceptors (Lipinski definition) is 4. The standard InChI is InChI=1S/C15H12Cl2N2O3S2/c16-11-3-1-9(7-12(11)17)19-24(21,22)10-2-4-14-13(8-10)18-15(20)5-6-23-14/h1-4,7-8,19H,5-6H2,(H,18,20). The second kappa shape index (κ2) is 6.84. The summed E-state index contributed by atoms with van der Waals surface area (Å²) < 4.78 is 27.5. The van der Waals surface area contributed by atoms with Crippen LogP contribution in [-0.2, 0) is 14.8 Å². The number of carbonyl (C=O) groups excluding carboxylic acids is 1. The summed E-state index contributed by atoms with van der Waals surface area (Å²) in [5.41, 5.74) is 0.803. The van der Waals surface area contributed by atoms with Gasteiger partial charge in [0.1, 0.15) is 0 Å². The van der Waals surface area contributed by atoms with Crippen molar-refractivity contribution in [2.24, 2.45) is 0 Å². The molecule has 2 N–H and O–H groups in total. The van der Waals surface area contributed by atoms with E-state index in [1.54, 1.807) is 6.07 Å². The van der Waals surface area contributed by atoms with Gasteiger partial charge in [0.25, 0.3) is 10.0 Å². The van der Waals surface area contributed by atoms with E-state index in [4.69, 9.17) is 23.2 Å². The largest absolute Gasteiger partial charge is 0.325 e. The highest BCUT2D eigenvalue weighted by molar-refractivity contribution is 7.99. The van der Waals surface area contributed by atoms with E-state index in [0.717, 1.165) is 4.90 Å². The molecule has 1 heterocycles. The summed E-state index contributed by atoms with van der Waals surface area (Å²) in [7, 11) is -3.82. The molecule has 0 radical (unpaired) electrons. The minimum atomic E-state index is -3.82. The maximum absolute atomic E-state index is 12.5. The van der Waals surface area contributed by atoms with Gasteiger partial charge in [-0.15, -0.1) is 11.8 Å². The van der Waals surface area contributed by atoms with Crippen LogP contribution in [0.3, 0.4) is 0 Å². The number of hydrogen-bond donors (Lipinski definition) is 2. The topological polar surface area (TPSA) is 75.3 Å². The molecule has 0 unspecified atom stereocenters. The number of sulfonamides is 1. The van der Waals surface area contributed by atoms with Crippen LogP contribution in [0, 0.1) is 0 Å². The van der Waals surface area contributed by atoms with Crippen LogP contribution >= 0.6 is 35.0 Å². The molecule has 2 aromatic carbocycles. The summed E-state index contributed by atoms with van der Waals surface area (Å²) >= 11 is 13.2. The van der Waals surface area contributed by atoms with Crippen molar-refractivity contribution in [1.29, 1.82) is 0 Å². The summed E-state index contributed by atoms with van der Waals surface area (Å²) in [5.74, 6) is 0.528. The molecule has 3 rings (SSSR count). The highest BCUT2D eigenvalue weighted by Crippen LogP contribution is 2.33. The molecule has 0 saturated carbocycles. The molecule has 1 aliphatic rings. The first kappa shape index (κ1) is 17.4. The highest BCUT2D eigenvalue weighted by atomic mass is 35.5. The minimum Gasteiger partial charge on any atom is -0.325 e. The number of fused-ring (bicyclic) bond motifs is 1. The molecule has 0 aliphatic carbocycles. The molecule has 0 fully saturated rings. The van der Waals surface area contributed by atoms with Gasteiger partial charge >= 0.3 is 0 Å². The van der Waals surface area contributed by atoms with E-state index in [2.05, 4.69) is 10.0 Å². The Balaban J connectivity index is 1.92. The predicted molar refractivity (Wildman–Crippen MR) is 97.7 cm³/mol. The van der Waals surface area contributed by atoms with Gasteiger partial charge in [0.15, 0.2) is 0 Å². The summed E-state index contributed by atoms with van der Waals surface area (Å²) in [6, 6.07) is 9.11. The van der Waals surface area contributed by atoms with E-state index in [0.29, 0.717) is 28.6 Å². The molecular weight excluding hydrogens is 391 g/mol. The Morgan fingerprint density at radius 3 is 2.62 bits per heavy atom. The number of thioether (sulfide) groups is 1. The number of rotatable bonds is 3. The van der Waals surface area contributed by atoms with Gasteiger partial charge in [0.2, 0.25) is 5.91 Å². The Bertz CT molecular complexity index is 917. The zero-order valence-corrected chi connectivity index (χ0v) is 15.3. The molecule has 0 saturated heterocycles. The zero-order chi connectivity index (χ0) is 17.3. The van der Waals surface area contributed by atoms with E-state index < -0.39 is 10.0 Å². The van der Waals surface area contributed by atoms with Gasteiger partial charge < -0.3 is 5.32 Å². The smallest absolute Gasteiger partial charge is 0.261 e. The lowest BCUT2D eigenvalue weighted by atomic mass is 10.3. The predicted octanol–water partition coefficient (Wildman–Crippen LogP) is 4.23. The fraction of sp³-hybridized carbons (Fsp3) is 0.133. The number of halogens is 2. The van der Waals surface area contributed by atoms with Crippen molar-refractivity contribution in [1.82, 2.24) is 0 Å². The normalized spacial score (nSPS) is 14.5. The quantitative estimate of drug-likeness (QED) is 0.805. The number of benzene rings is 2. The molecule has 0 spiro atoms. The lowest BCUT2D eigenvalue weighted by molar-refractivity contribution is -0.115. The first-order valence-corrected chi connectivity index (χ1v) is 10.1. The van der Waals surface area contributed by atoms with Gasteiger partial charge in [-0.1, -0.05) is 23.2 Å². The van der Waals surface area contributed by atoms with Gasteiger partial charge in [-0.3, -0.25) is 9.52 Å². The van der Waals surface area contributed by atoms with Gasteiger partial charge in [-0.25, -0.2) is 8.42 Å². The minimum absolute atomic E-state index is 0.0510. The maximum Gasteiger partial charge on any atom is 0.261 e. The van der Waals surface area contributed by atoms with Crippen molar-refractivity contribution in [3.63, 3.8) is 0 Å². The number of amides is 1. The SMILES string of the molecule is O=C1CCSc2ccc(S(=O)(=O)Nc3ccc(Cl)c(Cl)c3)cc2N1. The van der Waals surface area contributed by atoms with Gasteiger partial charge in [0, 0.05) is 17.1 Å². The van der Waals surface area contributed by atoms with Gasteiger partial charge in [-0.2, -0.15) is 0 Å². The van der Waals surface area contributed by atoms with Crippen molar-refractivity contribution < 1.29 is 13.2 Å². The van der Waals surface area contributed by atoms with E-state index in [1.807, 2.05) is 0 Å². The molecule has 0 aromatic heterocycles. The molecule has 1 aliphatic heterocycles. The Kier molecular flexibility index (Phi) is 4.96. The van der Waals surface area contributed by atoms with Crippen LogP contribution in [0.25, 0.3) is 0 Å². The summed E-state index contributed by atoms with van der Waals surface area (Å²) in [6.07, 6.45) is 0.392. The molecule has 0 atom stereocenters. The third kappa shape index (κ3) is 3.80. The number of nitrogens with one attached hydrogen (secondary N) is 2. The van der Waals surface area contributed by atoms with E-state index in [1.165, 1.54) is 42.1 Å². The Morgan fingerprint density at radius 2 is 1.88 bits per heavy atom. The summed E-state index contributed by atoms with van der Waals surface area (Å²) in [6.45, 7) is 0. The lowest BCUT2D eigenvalue weighted by Gasteiger charge is -2.12. The number of anilines is 2. The van der Waals surface area contributed by atoms with E-state index in [9.17, 15) is 13.2 Å². The van der Waals surface area contributed by atoms with Crippen LogP contribution in [0.1, 0.15) is 6.42 Å². The van der Waals surface area contributed by atoms with Crippen LogP contribution in [0.5, 0.6) is 0 Å². The lowest BCUT2D eigenvalue weighted by Crippen LogP contribution is -2.14. The van der Waals surface area contributed by atoms with Crippen molar-refractivity contribution in [3.8, 4) is 0 Å². The summed E-state index contributed by atoms with van der Waals surface area (Å²) in [5, 5.41) is 3.31. The molecule has 2 aromatic rings. The molecule has 24 heavy (non-hydrogen) atoms. The molecule has 9 heteroatoms. The van der Waals surface area contributed by atoms with E-state index >= 15 is 0 Å². The van der Waals surface area contributed by atoms with Crippen molar-refractivity contribution in [2.45, 2.75) is 16.2 Å². The Labute approximate surface area is 153 Å². The Morgan fingerprint density at radius 1 is 1.08 bits per heavy atom. The van der Waals surface area contributed by atoms with Crippen LogP contribution in [0.2, 0.25) is 10.0 Å². The molecular formula is C15H12Cl2N2O3S2. The third-order valence-corrected chi connectivity index (χ3v) is 6.49. The Hall–Kier alpha value is -1.41. The first-order chi connectivity index (χ1) is 11.3. The summed E-state index contributed by atoms with van der Waals surface area (Å²) in [4.78, 5) is 12.5. The van der Waals surface area contributed by atoms with Gasteiger partial charge in [-0.05, 0) is 36.4 Å². The van der Waals surface area contributed by atoms with Crippen LogP contribution < -0.4 is 10.0 Å². The number of carbonyl (C=O) groups is 1. The fourth-order valence-electron chi connectivity index (χ4n) is 2.14. The monoisotopic (exact) mass is 402 g/mol. The van der Waals surface area contributed by atoms with Crippen LogP contribution in [-0.4, -0.2) is 20.1 Å². The van der Waals surface area contributed by atoms with Crippen molar-refractivity contribution in [3.05, 3.63) is 46.4 Å². The second-order valence-corrected chi connectivity index (χ2v) is 8.67. The van der Waals surface area contributed by atoms with E-state index in [-0.39, 0.29) is 15.8 Å². The first-order valence-electron chi connectivity index (χ1n) is 6.90. The molecule has 5 nitrogen and oxygen atoms in total.